The van der Waals surface area contributed by atoms with Crippen molar-refractivity contribution in [2.75, 3.05) is 39.4 Å². The molecule has 1 aliphatic heterocycles. The van der Waals surface area contributed by atoms with E-state index in [-0.39, 0.29) is 5.91 Å². The molecule has 6 nitrogen and oxygen atoms in total. The van der Waals surface area contributed by atoms with Crippen LogP contribution >= 0.6 is 0 Å². The van der Waals surface area contributed by atoms with Crippen LogP contribution in [-0.4, -0.2) is 60.0 Å². The summed E-state index contributed by atoms with van der Waals surface area (Å²) in [5, 5.41) is 7.13. The van der Waals surface area contributed by atoms with Crippen LogP contribution in [0.3, 0.4) is 0 Å². The smallest absolute Gasteiger partial charge is 0.251 e. The van der Waals surface area contributed by atoms with Crippen molar-refractivity contribution in [3.63, 3.8) is 0 Å². The lowest BCUT2D eigenvalue weighted by Crippen LogP contribution is -2.41. The molecule has 0 spiro atoms. The summed E-state index contributed by atoms with van der Waals surface area (Å²) in [4.78, 5) is 14.5. The number of nitrogens with zero attached hydrogens (tertiary/aromatic N) is 3. The van der Waals surface area contributed by atoms with Crippen LogP contribution in [-0.2, 0) is 11.8 Å². The minimum Gasteiger partial charge on any atom is -0.379 e. The summed E-state index contributed by atoms with van der Waals surface area (Å²) in [5.41, 5.74) is 2.76. The lowest BCUT2D eigenvalue weighted by atomic mass is 10.1. The van der Waals surface area contributed by atoms with Crippen molar-refractivity contribution in [1.82, 2.24) is 20.0 Å². The highest BCUT2D eigenvalue weighted by Gasteiger charge is 2.11. The third-order valence-corrected chi connectivity index (χ3v) is 4.08. The molecule has 2 aromatic rings. The van der Waals surface area contributed by atoms with Crippen molar-refractivity contribution >= 4 is 5.91 Å². The van der Waals surface area contributed by atoms with Gasteiger partial charge in [-0.3, -0.25) is 14.4 Å². The quantitative estimate of drug-likeness (QED) is 0.899. The fourth-order valence-corrected chi connectivity index (χ4v) is 2.70. The van der Waals surface area contributed by atoms with Gasteiger partial charge in [0, 0.05) is 45.0 Å². The first kappa shape index (κ1) is 15.7. The first-order valence-corrected chi connectivity index (χ1v) is 7.91. The van der Waals surface area contributed by atoms with E-state index in [9.17, 15) is 4.79 Å². The molecule has 3 rings (SSSR count). The number of amides is 1. The van der Waals surface area contributed by atoms with Gasteiger partial charge < -0.3 is 10.1 Å². The third kappa shape index (κ3) is 3.97. The number of aromatic nitrogens is 2. The number of ether oxygens (including phenoxy) is 1. The molecule has 1 aromatic carbocycles. The van der Waals surface area contributed by atoms with Gasteiger partial charge in [0.25, 0.3) is 5.91 Å². The highest BCUT2D eigenvalue weighted by molar-refractivity contribution is 5.94. The fourth-order valence-electron chi connectivity index (χ4n) is 2.70. The van der Waals surface area contributed by atoms with Crippen LogP contribution in [0.1, 0.15) is 10.4 Å². The lowest BCUT2D eigenvalue weighted by Gasteiger charge is -2.26. The number of hydrogen-bond acceptors (Lipinski definition) is 4. The molecular weight excluding hydrogens is 292 g/mol. The van der Waals surface area contributed by atoms with Gasteiger partial charge in [-0.25, -0.2) is 0 Å². The van der Waals surface area contributed by atoms with Crippen LogP contribution in [0, 0.1) is 0 Å². The van der Waals surface area contributed by atoms with Crippen molar-refractivity contribution in [2.45, 2.75) is 0 Å². The molecule has 0 radical (unpaired) electrons. The van der Waals surface area contributed by atoms with Gasteiger partial charge in [0.05, 0.1) is 18.9 Å². The van der Waals surface area contributed by atoms with E-state index in [0.29, 0.717) is 12.1 Å². The Morgan fingerprint density at radius 3 is 2.61 bits per heavy atom. The minimum absolute atomic E-state index is 0.0326. The molecule has 23 heavy (non-hydrogen) atoms. The molecule has 0 bridgehead atoms. The van der Waals surface area contributed by atoms with E-state index < -0.39 is 0 Å². The van der Waals surface area contributed by atoms with E-state index in [1.165, 1.54) is 0 Å². The standard InChI is InChI=1S/C17H22N4O2/c1-20-16(6-7-19-20)14-2-4-15(5-3-14)17(22)18-8-9-21-10-12-23-13-11-21/h2-7H,8-13H2,1H3,(H,18,22). The predicted octanol–water partition coefficient (Wildman–Crippen LogP) is 1.15. The molecule has 2 heterocycles. The van der Waals surface area contributed by atoms with Gasteiger partial charge in [0.15, 0.2) is 0 Å². The zero-order valence-electron chi connectivity index (χ0n) is 13.4. The first-order chi connectivity index (χ1) is 11.2. The molecule has 122 valence electrons. The van der Waals surface area contributed by atoms with Crippen LogP contribution in [0.15, 0.2) is 36.5 Å². The lowest BCUT2D eigenvalue weighted by molar-refractivity contribution is 0.0383. The van der Waals surface area contributed by atoms with Crippen molar-refractivity contribution in [3.8, 4) is 11.3 Å². The van der Waals surface area contributed by atoms with E-state index in [2.05, 4.69) is 15.3 Å². The van der Waals surface area contributed by atoms with Crippen molar-refractivity contribution < 1.29 is 9.53 Å². The molecule has 6 heteroatoms. The number of aryl methyl sites for hydroxylation is 1. The summed E-state index contributed by atoms with van der Waals surface area (Å²) in [6.45, 7) is 4.96. The zero-order valence-corrected chi connectivity index (χ0v) is 13.4. The zero-order chi connectivity index (χ0) is 16.1. The molecular formula is C17H22N4O2. The van der Waals surface area contributed by atoms with Crippen LogP contribution in [0.2, 0.25) is 0 Å². The highest BCUT2D eigenvalue weighted by atomic mass is 16.5. The summed E-state index contributed by atoms with van der Waals surface area (Å²) in [5.74, 6) is -0.0326. The molecule has 1 amide bonds. The Labute approximate surface area is 136 Å². The number of morpholine rings is 1. The van der Waals surface area contributed by atoms with Crippen LogP contribution in [0.4, 0.5) is 0 Å². The van der Waals surface area contributed by atoms with E-state index >= 15 is 0 Å². The summed E-state index contributed by atoms with van der Waals surface area (Å²) < 4.78 is 7.13. The Morgan fingerprint density at radius 2 is 1.96 bits per heavy atom. The Morgan fingerprint density at radius 1 is 1.22 bits per heavy atom. The van der Waals surface area contributed by atoms with E-state index in [4.69, 9.17) is 4.74 Å². The van der Waals surface area contributed by atoms with Gasteiger partial charge in [-0.1, -0.05) is 12.1 Å². The van der Waals surface area contributed by atoms with Crippen LogP contribution in [0.25, 0.3) is 11.3 Å². The molecule has 1 aliphatic rings. The maximum absolute atomic E-state index is 12.2. The molecule has 1 aromatic heterocycles. The van der Waals surface area contributed by atoms with Gasteiger partial charge in [0.2, 0.25) is 0 Å². The Bertz CT molecular complexity index is 645. The van der Waals surface area contributed by atoms with E-state index in [1.807, 2.05) is 42.1 Å². The molecule has 0 saturated carbocycles. The second-order valence-corrected chi connectivity index (χ2v) is 5.63. The normalized spacial score (nSPS) is 15.5. The topological polar surface area (TPSA) is 59.4 Å². The Hall–Kier alpha value is -2.18. The fraction of sp³-hybridized carbons (Fsp3) is 0.412. The van der Waals surface area contributed by atoms with E-state index in [0.717, 1.165) is 44.1 Å². The van der Waals surface area contributed by atoms with Crippen molar-refractivity contribution in [3.05, 3.63) is 42.1 Å². The Kier molecular flexibility index (Phi) is 5.05. The third-order valence-electron chi connectivity index (χ3n) is 4.08. The van der Waals surface area contributed by atoms with Gasteiger partial charge in [-0.2, -0.15) is 5.10 Å². The van der Waals surface area contributed by atoms with Crippen molar-refractivity contribution in [1.29, 1.82) is 0 Å². The minimum atomic E-state index is -0.0326. The SMILES string of the molecule is Cn1nccc1-c1ccc(C(=O)NCCN2CCOCC2)cc1. The number of rotatable bonds is 5. The molecule has 1 saturated heterocycles. The Balaban J connectivity index is 1.52. The molecule has 1 fully saturated rings. The number of carbonyl (C=O) groups excluding carboxylic acids is 1. The first-order valence-electron chi connectivity index (χ1n) is 7.91. The number of nitrogens with one attached hydrogen (secondary N) is 1. The van der Waals surface area contributed by atoms with Crippen LogP contribution in [0.5, 0.6) is 0 Å². The average molecular weight is 314 g/mol. The molecule has 1 N–H and O–H groups in total. The predicted molar refractivity (Wildman–Crippen MR) is 88.2 cm³/mol. The monoisotopic (exact) mass is 314 g/mol. The summed E-state index contributed by atoms with van der Waals surface area (Å²) in [6, 6.07) is 9.57. The average Bonchev–Trinajstić information content (AvgIpc) is 3.02. The van der Waals surface area contributed by atoms with Gasteiger partial charge >= 0.3 is 0 Å². The van der Waals surface area contributed by atoms with Crippen molar-refractivity contribution in [2.24, 2.45) is 7.05 Å². The summed E-state index contributed by atoms with van der Waals surface area (Å²) >= 11 is 0. The highest BCUT2D eigenvalue weighted by Crippen LogP contribution is 2.18. The number of carbonyl (C=O) groups is 1. The largest absolute Gasteiger partial charge is 0.379 e. The maximum Gasteiger partial charge on any atom is 0.251 e. The van der Waals surface area contributed by atoms with Crippen LogP contribution < -0.4 is 5.32 Å². The van der Waals surface area contributed by atoms with Gasteiger partial charge in [-0.15, -0.1) is 0 Å². The molecule has 0 atom stereocenters. The maximum atomic E-state index is 12.2. The summed E-state index contributed by atoms with van der Waals surface area (Å²) in [7, 11) is 1.90. The number of hydrogen-bond donors (Lipinski definition) is 1. The van der Waals surface area contributed by atoms with Gasteiger partial charge in [0.1, 0.15) is 0 Å². The summed E-state index contributed by atoms with van der Waals surface area (Å²) in [6.07, 6.45) is 1.77. The molecule has 0 aliphatic carbocycles. The molecule has 0 unspecified atom stereocenters. The van der Waals surface area contributed by atoms with E-state index in [1.54, 1.807) is 6.20 Å². The second-order valence-electron chi connectivity index (χ2n) is 5.63. The number of benzene rings is 1. The second kappa shape index (κ2) is 7.39. The van der Waals surface area contributed by atoms with Gasteiger partial charge in [-0.05, 0) is 23.8 Å².